The predicted octanol–water partition coefficient (Wildman–Crippen LogP) is 2.61. The molecule has 0 amide bonds. The van der Waals surface area contributed by atoms with Gasteiger partial charge in [-0.05, 0) is 37.2 Å². The van der Waals surface area contributed by atoms with Gasteiger partial charge in [0, 0.05) is 43.9 Å². The normalized spacial score (nSPS) is 10.7. The Bertz CT molecular complexity index is 523. The van der Waals surface area contributed by atoms with Crippen molar-refractivity contribution in [3.8, 4) is 11.4 Å². The first-order valence-corrected chi connectivity index (χ1v) is 6.85. The van der Waals surface area contributed by atoms with E-state index in [-0.39, 0.29) is 0 Å². The molecule has 1 aromatic carbocycles. The minimum atomic E-state index is 0.796. The fraction of sp³-hybridized carbons (Fsp3) is 0.375. The van der Waals surface area contributed by atoms with Crippen LogP contribution in [0.3, 0.4) is 0 Å². The van der Waals surface area contributed by atoms with E-state index in [1.54, 1.807) is 14.2 Å². The highest BCUT2D eigenvalue weighted by molar-refractivity contribution is 5.41. The van der Waals surface area contributed by atoms with E-state index in [1.807, 2.05) is 18.2 Å². The number of methoxy groups -OCH3 is 2. The standard InChI is InChI=1S/C16H22N2O2/c1-19-11-5-9-17-13-15-7-4-10-18(15)14-6-3-8-16(12-14)20-2/h3-4,6-8,10,12,17H,5,9,11,13H2,1-2H3. The molecule has 108 valence electrons. The minimum absolute atomic E-state index is 0.796. The molecular formula is C16H22N2O2. The molecule has 4 nitrogen and oxygen atoms in total. The molecule has 2 aromatic rings. The van der Waals surface area contributed by atoms with Crippen molar-refractivity contribution in [2.45, 2.75) is 13.0 Å². The third-order valence-corrected chi connectivity index (χ3v) is 3.17. The van der Waals surface area contributed by atoms with E-state index in [0.29, 0.717) is 0 Å². The van der Waals surface area contributed by atoms with Crippen LogP contribution in [0.15, 0.2) is 42.6 Å². The molecule has 0 aliphatic heterocycles. The van der Waals surface area contributed by atoms with Gasteiger partial charge in [-0.25, -0.2) is 0 Å². The van der Waals surface area contributed by atoms with E-state index in [4.69, 9.17) is 9.47 Å². The molecule has 0 aliphatic carbocycles. The summed E-state index contributed by atoms with van der Waals surface area (Å²) in [4.78, 5) is 0. The van der Waals surface area contributed by atoms with Gasteiger partial charge in [-0.1, -0.05) is 6.07 Å². The van der Waals surface area contributed by atoms with Gasteiger partial charge in [-0.15, -0.1) is 0 Å². The number of ether oxygens (including phenoxy) is 2. The van der Waals surface area contributed by atoms with E-state index >= 15 is 0 Å². The monoisotopic (exact) mass is 274 g/mol. The summed E-state index contributed by atoms with van der Waals surface area (Å²) in [5.41, 5.74) is 2.35. The first-order valence-electron chi connectivity index (χ1n) is 6.85. The van der Waals surface area contributed by atoms with Crippen molar-refractivity contribution < 1.29 is 9.47 Å². The lowest BCUT2D eigenvalue weighted by atomic mass is 10.3. The van der Waals surface area contributed by atoms with Crippen molar-refractivity contribution in [1.29, 1.82) is 0 Å². The molecule has 0 bridgehead atoms. The summed E-state index contributed by atoms with van der Waals surface area (Å²) < 4.78 is 12.5. The van der Waals surface area contributed by atoms with Crippen LogP contribution < -0.4 is 10.1 Å². The maximum absolute atomic E-state index is 5.28. The van der Waals surface area contributed by atoms with E-state index < -0.39 is 0 Å². The highest BCUT2D eigenvalue weighted by atomic mass is 16.5. The van der Waals surface area contributed by atoms with Gasteiger partial charge in [0.15, 0.2) is 0 Å². The molecule has 2 rings (SSSR count). The lowest BCUT2D eigenvalue weighted by Crippen LogP contribution is -2.18. The Hall–Kier alpha value is -1.78. The lowest BCUT2D eigenvalue weighted by molar-refractivity contribution is 0.194. The van der Waals surface area contributed by atoms with Crippen molar-refractivity contribution in [2.75, 3.05) is 27.4 Å². The molecule has 0 unspecified atom stereocenters. The molecule has 0 radical (unpaired) electrons. The van der Waals surface area contributed by atoms with Crippen LogP contribution in [0.5, 0.6) is 5.75 Å². The van der Waals surface area contributed by atoms with E-state index in [0.717, 1.165) is 37.6 Å². The molecule has 0 fully saturated rings. The second-order valence-electron chi connectivity index (χ2n) is 4.59. The van der Waals surface area contributed by atoms with Crippen LogP contribution in [-0.4, -0.2) is 31.9 Å². The summed E-state index contributed by atoms with van der Waals surface area (Å²) in [6.07, 6.45) is 3.09. The number of nitrogens with one attached hydrogen (secondary N) is 1. The Labute approximate surface area is 120 Å². The van der Waals surface area contributed by atoms with Crippen molar-refractivity contribution in [3.63, 3.8) is 0 Å². The second kappa shape index (κ2) is 7.72. The molecular weight excluding hydrogens is 252 g/mol. The third-order valence-electron chi connectivity index (χ3n) is 3.17. The molecule has 20 heavy (non-hydrogen) atoms. The zero-order chi connectivity index (χ0) is 14.2. The molecule has 0 saturated heterocycles. The summed E-state index contributed by atoms with van der Waals surface area (Å²) in [5.74, 6) is 0.871. The average Bonchev–Trinajstić information content (AvgIpc) is 2.95. The van der Waals surface area contributed by atoms with Crippen molar-refractivity contribution in [1.82, 2.24) is 9.88 Å². The van der Waals surface area contributed by atoms with Gasteiger partial charge >= 0.3 is 0 Å². The van der Waals surface area contributed by atoms with Crippen LogP contribution in [-0.2, 0) is 11.3 Å². The second-order valence-corrected chi connectivity index (χ2v) is 4.59. The van der Waals surface area contributed by atoms with Gasteiger partial charge in [-0.3, -0.25) is 0 Å². The Morgan fingerprint density at radius 1 is 1.15 bits per heavy atom. The molecule has 0 atom stereocenters. The Morgan fingerprint density at radius 3 is 2.85 bits per heavy atom. The van der Waals surface area contributed by atoms with Crippen LogP contribution in [0.2, 0.25) is 0 Å². The van der Waals surface area contributed by atoms with Gasteiger partial charge < -0.3 is 19.4 Å². The van der Waals surface area contributed by atoms with Gasteiger partial charge in [0.2, 0.25) is 0 Å². The zero-order valence-electron chi connectivity index (χ0n) is 12.1. The number of hydrogen-bond donors (Lipinski definition) is 1. The smallest absolute Gasteiger partial charge is 0.120 e. The summed E-state index contributed by atoms with van der Waals surface area (Å²) in [6, 6.07) is 12.3. The highest BCUT2D eigenvalue weighted by Crippen LogP contribution is 2.18. The van der Waals surface area contributed by atoms with Crippen molar-refractivity contribution >= 4 is 0 Å². The maximum atomic E-state index is 5.28. The highest BCUT2D eigenvalue weighted by Gasteiger charge is 2.04. The maximum Gasteiger partial charge on any atom is 0.120 e. The molecule has 0 saturated carbocycles. The largest absolute Gasteiger partial charge is 0.497 e. The van der Waals surface area contributed by atoms with Crippen LogP contribution in [0.1, 0.15) is 12.1 Å². The van der Waals surface area contributed by atoms with E-state index in [9.17, 15) is 0 Å². The molecule has 0 spiro atoms. The Kier molecular flexibility index (Phi) is 5.65. The lowest BCUT2D eigenvalue weighted by Gasteiger charge is -2.11. The predicted molar refractivity (Wildman–Crippen MR) is 80.5 cm³/mol. The van der Waals surface area contributed by atoms with Crippen LogP contribution in [0.25, 0.3) is 5.69 Å². The summed E-state index contributed by atoms with van der Waals surface area (Å²) in [7, 11) is 3.42. The molecule has 1 aromatic heterocycles. The van der Waals surface area contributed by atoms with Gasteiger partial charge in [0.05, 0.1) is 7.11 Å². The van der Waals surface area contributed by atoms with Crippen molar-refractivity contribution in [2.24, 2.45) is 0 Å². The van der Waals surface area contributed by atoms with Crippen LogP contribution in [0.4, 0.5) is 0 Å². The number of aromatic nitrogens is 1. The third kappa shape index (κ3) is 3.85. The van der Waals surface area contributed by atoms with Crippen LogP contribution >= 0.6 is 0 Å². The zero-order valence-corrected chi connectivity index (χ0v) is 12.1. The van der Waals surface area contributed by atoms with Crippen LogP contribution in [0, 0.1) is 0 Å². The van der Waals surface area contributed by atoms with Gasteiger partial charge in [0.1, 0.15) is 5.75 Å². The van der Waals surface area contributed by atoms with Gasteiger partial charge in [-0.2, -0.15) is 0 Å². The summed E-state index contributed by atoms with van der Waals surface area (Å²) >= 11 is 0. The topological polar surface area (TPSA) is 35.4 Å². The van der Waals surface area contributed by atoms with Crippen molar-refractivity contribution in [3.05, 3.63) is 48.3 Å². The molecule has 4 heteroatoms. The number of rotatable bonds is 8. The molecule has 1 N–H and O–H groups in total. The van der Waals surface area contributed by atoms with E-state index in [2.05, 4.69) is 34.3 Å². The average molecular weight is 274 g/mol. The summed E-state index contributed by atoms with van der Waals surface area (Å²) in [5, 5.41) is 3.43. The number of benzene rings is 1. The Morgan fingerprint density at radius 2 is 2.05 bits per heavy atom. The fourth-order valence-electron chi connectivity index (χ4n) is 2.13. The number of hydrogen-bond acceptors (Lipinski definition) is 3. The fourth-order valence-corrected chi connectivity index (χ4v) is 2.13. The SMILES string of the molecule is COCCCNCc1cccn1-c1cccc(OC)c1. The molecule has 1 heterocycles. The number of nitrogens with zero attached hydrogens (tertiary/aromatic N) is 1. The van der Waals surface area contributed by atoms with Gasteiger partial charge in [0.25, 0.3) is 0 Å². The minimum Gasteiger partial charge on any atom is -0.497 e. The van der Waals surface area contributed by atoms with E-state index in [1.165, 1.54) is 5.69 Å². The molecule has 0 aliphatic rings. The quantitative estimate of drug-likeness (QED) is 0.752. The summed E-state index contributed by atoms with van der Waals surface area (Å²) in [6.45, 7) is 2.59. The Balaban J connectivity index is 2.00. The first kappa shape index (κ1) is 14.6. The first-order chi connectivity index (χ1) is 9.85.